The number of nitrogens with one attached hydrogen (secondary N) is 2. The molecule has 0 saturated carbocycles. The number of hydrogen-bond acceptors (Lipinski definition) is 3. The molecule has 5 nitrogen and oxygen atoms in total. The molecule has 2 N–H and O–H groups in total. The predicted octanol–water partition coefficient (Wildman–Crippen LogP) is 5.46. The van der Waals surface area contributed by atoms with Crippen molar-refractivity contribution < 1.29 is 14.3 Å². The minimum Gasteiger partial charge on any atom is -0.494 e. The molecule has 3 aromatic rings. The van der Waals surface area contributed by atoms with Gasteiger partial charge in [0.2, 0.25) is 0 Å². The second kappa shape index (κ2) is 10.5. The molecule has 158 valence electrons. The van der Waals surface area contributed by atoms with Crippen LogP contribution in [0.2, 0.25) is 5.02 Å². The molecule has 31 heavy (non-hydrogen) atoms. The molecule has 0 radical (unpaired) electrons. The van der Waals surface area contributed by atoms with Crippen molar-refractivity contribution in [2.45, 2.75) is 13.8 Å². The van der Waals surface area contributed by atoms with Gasteiger partial charge in [0.05, 0.1) is 6.61 Å². The van der Waals surface area contributed by atoms with Gasteiger partial charge >= 0.3 is 0 Å². The third kappa shape index (κ3) is 6.20. The molecule has 0 spiro atoms. The summed E-state index contributed by atoms with van der Waals surface area (Å²) in [5.41, 5.74) is 2.75. The van der Waals surface area contributed by atoms with E-state index in [0.29, 0.717) is 34.2 Å². The zero-order valence-corrected chi connectivity index (χ0v) is 18.1. The molecule has 0 bridgehead atoms. The molecule has 0 unspecified atom stereocenters. The van der Waals surface area contributed by atoms with Gasteiger partial charge in [-0.3, -0.25) is 9.59 Å². The smallest absolute Gasteiger partial charge is 0.272 e. The average Bonchev–Trinajstić information content (AvgIpc) is 2.76. The van der Waals surface area contributed by atoms with E-state index >= 15 is 0 Å². The van der Waals surface area contributed by atoms with Crippen LogP contribution in [0.3, 0.4) is 0 Å². The zero-order valence-electron chi connectivity index (χ0n) is 17.3. The minimum atomic E-state index is -0.468. The second-order valence-electron chi connectivity index (χ2n) is 6.81. The summed E-state index contributed by atoms with van der Waals surface area (Å²) < 4.78 is 5.42. The number of carbonyl (C=O) groups excluding carboxylic acids is 2. The van der Waals surface area contributed by atoms with Crippen LogP contribution in [0.25, 0.3) is 6.08 Å². The van der Waals surface area contributed by atoms with Gasteiger partial charge in [-0.1, -0.05) is 47.5 Å². The number of anilines is 1. The molecule has 3 aromatic carbocycles. The summed E-state index contributed by atoms with van der Waals surface area (Å²) in [5, 5.41) is 5.97. The Morgan fingerprint density at radius 1 is 0.968 bits per heavy atom. The molecule has 0 aliphatic carbocycles. The molecule has 0 aliphatic heterocycles. The van der Waals surface area contributed by atoms with E-state index in [4.69, 9.17) is 16.3 Å². The highest BCUT2D eigenvalue weighted by atomic mass is 35.5. The Hall–Kier alpha value is -3.57. The van der Waals surface area contributed by atoms with E-state index in [1.54, 1.807) is 60.7 Å². The first-order valence-electron chi connectivity index (χ1n) is 9.84. The lowest BCUT2D eigenvalue weighted by molar-refractivity contribution is -0.113. The summed E-state index contributed by atoms with van der Waals surface area (Å²) in [5.74, 6) is -0.148. The van der Waals surface area contributed by atoms with Crippen molar-refractivity contribution in [2.75, 3.05) is 11.9 Å². The molecular formula is C25H23ClN2O3. The molecule has 0 atom stereocenters. The number of benzene rings is 3. The molecule has 6 heteroatoms. The van der Waals surface area contributed by atoms with Crippen molar-refractivity contribution in [1.29, 1.82) is 0 Å². The van der Waals surface area contributed by atoms with Crippen LogP contribution in [-0.2, 0) is 4.79 Å². The number of carbonyl (C=O) groups is 2. The van der Waals surface area contributed by atoms with Gasteiger partial charge < -0.3 is 15.4 Å². The molecule has 0 saturated heterocycles. The largest absolute Gasteiger partial charge is 0.494 e. The van der Waals surface area contributed by atoms with Gasteiger partial charge in [-0.2, -0.15) is 0 Å². The lowest BCUT2D eigenvalue weighted by Gasteiger charge is -2.12. The Kier molecular flexibility index (Phi) is 7.46. The lowest BCUT2D eigenvalue weighted by Crippen LogP contribution is -2.30. The Bertz CT molecular complexity index is 1090. The lowest BCUT2D eigenvalue weighted by atomic mass is 10.1. The van der Waals surface area contributed by atoms with Crippen LogP contribution in [0.1, 0.15) is 28.4 Å². The van der Waals surface area contributed by atoms with Crippen LogP contribution in [0.15, 0.2) is 78.5 Å². The van der Waals surface area contributed by atoms with Crippen LogP contribution >= 0.6 is 11.6 Å². The molecule has 0 aromatic heterocycles. The Labute approximate surface area is 186 Å². The van der Waals surface area contributed by atoms with Crippen molar-refractivity contribution in [3.8, 4) is 5.75 Å². The number of rotatable bonds is 7. The van der Waals surface area contributed by atoms with E-state index in [1.807, 2.05) is 32.0 Å². The highest BCUT2D eigenvalue weighted by molar-refractivity contribution is 6.32. The minimum absolute atomic E-state index is 0.0764. The van der Waals surface area contributed by atoms with Crippen molar-refractivity contribution in [1.82, 2.24) is 5.32 Å². The normalized spacial score (nSPS) is 11.0. The van der Waals surface area contributed by atoms with Gasteiger partial charge in [0, 0.05) is 16.3 Å². The quantitative estimate of drug-likeness (QED) is 0.485. The van der Waals surface area contributed by atoms with E-state index in [1.165, 1.54) is 0 Å². The van der Waals surface area contributed by atoms with E-state index in [0.717, 1.165) is 5.56 Å². The summed E-state index contributed by atoms with van der Waals surface area (Å²) in [4.78, 5) is 25.7. The average molecular weight is 435 g/mol. The number of amides is 2. The Morgan fingerprint density at radius 2 is 1.65 bits per heavy atom. The van der Waals surface area contributed by atoms with Crippen molar-refractivity contribution in [2.24, 2.45) is 0 Å². The molecule has 2 amide bonds. The first-order valence-corrected chi connectivity index (χ1v) is 10.2. The topological polar surface area (TPSA) is 67.4 Å². The summed E-state index contributed by atoms with van der Waals surface area (Å²) in [6.07, 6.45) is 1.55. The van der Waals surface area contributed by atoms with E-state index in [9.17, 15) is 9.59 Å². The van der Waals surface area contributed by atoms with E-state index < -0.39 is 5.91 Å². The highest BCUT2D eigenvalue weighted by Gasteiger charge is 2.16. The van der Waals surface area contributed by atoms with Crippen LogP contribution in [0.4, 0.5) is 5.69 Å². The van der Waals surface area contributed by atoms with Crippen LogP contribution in [-0.4, -0.2) is 18.4 Å². The molecule has 0 aliphatic rings. The Balaban J connectivity index is 1.85. The van der Waals surface area contributed by atoms with Gasteiger partial charge in [0.1, 0.15) is 11.4 Å². The first-order chi connectivity index (χ1) is 15.0. The maximum Gasteiger partial charge on any atom is 0.272 e. The maximum absolute atomic E-state index is 13.0. The monoisotopic (exact) mass is 434 g/mol. The summed E-state index contributed by atoms with van der Waals surface area (Å²) in [6, 6.07) is 21.2. The second-order valence-corrected chi connectivity index (χ2v) is 7.22. The fourth-order valence-electron chi connectivity index (χ4n) is 2.81. The first kappa shape index (κ1) is 22.1. The molecular weight excluding hydrogens is 412 g/mol. The van der Waals surface area contributed by atoms with Gasteiger partial charge in [-0.15, -0.1) is 0 Å². The molecule has 0 heterocycles. The van der Waals surface area contributed by atoms with Gasteiger partial charge in [0.15, 0.2) is 0 Å². The third-order valence-corrected chi connectivity index (χ3v) is 4.78. The zero-order chi connectivity index (χ0) is 22.2. The summed E-state index contributed by atoms with van der Waals surface area (Å²) >= 11 is 6.25. The fraction of sp³-hybridized carbons (Fsp3) is 0.120. The SMILES string of the molecule is CCOc1ccc(NC(=O)C(=Cc2ccccc2Cl)NC(=O)c2ccc(C)cc2)cc1. The number of halogens is 1. The fourth-order valence-corrected chi connectivity index (χ4v) is 3.00. The number of hydrogen-bond donors (Lipinski definition) is 2. The van der Waals surface area contributed by atoms with E-state index in [-0.39, 0.29) is 11.6 Å². The molecule has 3 rings (SSSR count). The van der Waals surface area contributed by atoms with Crippen LogP contribution < -0.4 is 15.4 Å². The van der Waals surface area contributed by atoms with Crippen molar-refractivity contribution >= 4 is 35.2 Å². The Morgan fingerprint density at radius 3 is 2.29 bits per heavy atom. The number of ether oxygens (including phenoxy) is 1. The molecule has 0 fully saturated rings. The van der Waals surface area contributed by atoms with E-state index in [2.05, 4.69) is 10.6 Å². The van der Waals surface area contributed by atoms with Crippen molar-refractivity contribution in [3.05, 3.63) is 100 Å². The maximum atomic E-state index is 13.0. The summed E-state index contributed by atoms with van der Waals surface area (Å²) in [7, 11) is 0. The third-order valence-electron chi connectivity index (χ3n) is 4.43. The van der Waals surface area contributed by atoms with Crippen LogP contribution in [0.5, 0.6) is 5.75 Å². The number of aryl methyl sites for hydroxylation is 1. The van der Waals surface area contributed by atoms with Crippen molar-refractivity contribution in [3.63, 3.8) is 0 Å². The summed E-state index contributed by atoms with van der Waals surface area (Å²) in [6.45, 7) is 4.40. The van der Waals surface area contributed by atoms with Gasteiger partial charge in [-0.05, 0) is 68.0 Å². The van der Waals surface area contributed by atoms with Gasteiger partial charge in [0.25, 0.3) is 11.8 Å². The standard InChI is InChI=1S/C25H23ClN2O3/c1-3-31-21-14-12-20(13-15-21)27-25(30)23(16-19-6-4-5-7-22(19)26)28-24(29)18-10-8-17(2)9-11-18/h4-16H,3H2,1-2H3,(H,27,30)(H,28,29). The predicted molar refractivity (Wildman–Crippen MR) is 124 cm³/mol. The van der Waals surface area contributed by atoms with Crippen LogP contribution in [0, 0.1) is 6.92 Å². The van der Waals surface area contributed by atoms with Gasteiger partial charge in [-0.25, -0.2) is 0 Å². The highest BCUT2D eigenvalue weighted by Crippen LogP contribution is 2.20.